The molecule has 0 amide bonds. The lowest BCUT2D eigenvalue weighted by atomic mass is 10.3. The lowest BCUT2D eigenvalue weighted by Crippen LogP contribution is -2.36. The Labute approximate surface area is 144 Å². The van der Waals surface area contributed by atoms with Gasteiger partial charge in [0.1, 0.15) is 17.2 Å². The number of para-hydroxylation sites is 2. The summed E-state index contributed by atoms with van der Waals surface area (Å²) in [5.41, 5.74) is 0.787. The van der Waals surface area contributed by atoms with Gasteiger partial charge < -0.3 is 18.8 Å². The number of benzene rings is 1. The van der Waals surface area contributed by atoms with E-state index in [2.05, 4.69) is 25.8 Å². The zero-order valence-electron chi connectivity index (χ0n) is 13.0. The van der Waals surface area contributed by atoms with Crippen molar-refractivity contribution in [3.8, 4) is 5.75 Å². The van der Waals surface area contributed by atoms with Crippen LogP contribution >= 0.6 is 15.9 Å². The van der Waals surface area contributed by atoms with Gasteiger partial charge in [-0.3, -0.25) is 0 Å². The van der Waals surface area contributed by atoms with Crippen LogP contribution in [0, 0.1) is 0 Å². The quantitative estimate of drug-likeness (QED) is 0.736. The standard InChI is InChI=1S/C17H19BrN2O3/c1-2-22-16-6-4-3-5-15(16)19-12-13-11-14(18)17(23-13)20-7-9-21-10-8-20/h3-6,11-12H,2,7-10H2,1H3. The number of aliphatic imine (C=N–C) groups is 1. The maximum Gasteiger partial charge on any atom is 0.210 e. The van der Waals surface area contributed by atoms with Gasteiger partial charge in [0.05, 0.1) is 30.5 Å². The van der Waals surface area contributed by atoms with Gasteiger partial charge in [0.15, 0.2) is 0 Å². The number of morpholine rings is 1. The molecule has 0 atom stereocenters. The monoisotopic (exact) mass is 378 g/mol. The summed E-state index contributed by atoms with van der Waals surface area (Å²) in [5, 5.41) is 0. The molecule has 1 aromatic carbocycles. The average molecular weight is 379 g/mol. The van der Waals surface area contributed by atoms with Crippen LogP contribution in [0.5, 0.6) is 5.75 Å². The van der Waals surface area contributed by atoms with E-state index in [1.165, 1.54) is 0 Å². The van der Waals surface area contributed by atoms with E-state index in [0.717, 1.165) is 48.1 Å². The van der Waals surface area contributed by atoms with Crippen LogP contribution in [0.3, 0.4) is 0 Å². The predicted octanol–water partition coefficient (Wildman–Crippen LogP) is 4.03. The minimum absolute atomic E-state index is 0.611. The van der Waals surface area contributed by atoms with Gasteiger partial charge in [0.25, 0.3) is 0 Å². The van der Waals surface area contributed by atoms with Crippen LogP contribution in [-0.2, 0) is 4.74 Å². The fraction of sp³-hybridized carbons (Fsp3) is 0.353. The first-order chi connectivity index (χ1) is 11.3. The average Bonchev–Trinajstić information content (AvgIpc) is 2.96. The molecule has 2 aromatic rings. The highest BCUT2D eigenvalue weighted by molar-refractivity contribution is 9.10. The van der Waals surface area contributed by atoms with Gasteiger partial charge in [-0.05, 0) is 35.0 Å². The third-order valence-corrected chi connectivity index (χ3v) is 4.05. The molecule has 0 bridgehead atoms. The second kappa shape index (κ2) is 7.66. The molecule has 1 fully saturated rings. The summed E-state index contributed by atoms with van der Waals surface area (Å²) in [7, 11) is 0. The highest BCUT2D eigenvalue weighted by Gasteiger charge is 2.18. The number of hydrogen-bond donors (Lipinski definition) is 0. The second-order valence-electron chi connectivity index (χ2n) is 5.06. The van der Waals surface area contributed by atoms with Crippen LogP contribution < -0.4 is 9.64 Å². The topological polar surface area (TPSA) is 47.2 Å². The van der Waals surface area contributed by atoms with E-state index in [1.54, 1.807) is 6.21 Å². The van der Waals surface area contributed by atoms with Crippen LogP contribution in [0.2, 0.25) is 0 Å². The maximum atomic E-state index is 5.91. The lowest BCUT2D eigenvalue weighted by Gasteiger charge is -2.26. The van der Waals surface area contributed by atoms with Crippen molar-refractivity contribution in [1.82, 2.24) is 0 Å². The van der Waals surface area contributed by atoms with Gasteiger partial charge >= 0.3 is 0 Å². The molecular formula is C17H19BrN2O3. The lowest BCUT2D eigenvalue weighted by molar-refractivity contribution is 0.120. The fourth-order valence-electron chi connectivity index (χ4n) is 2.40. The van der Waals surface area contributed by atoms with Crippen LogP contribution in [0.25, 0.3) is 0 Å². The van der Waals surface area contributed by atoms with Crippen LogP contribution in [0.4, 0.5) is 11.6 Å². The zero-order valence-corrected chi connectivity index (χ0v) is 14.6. The molecule has 0 N–H and O–H groups in total. The van der Waals surface area contributed by atoms with Crippen molar-refractivity contribution in [3.63, 3.8) is 0 Å². The summed E-state index contributed by atoms with van der Waals surface area (Å²) in [6.07, 6.45) is 1.71. The molecule has 1 aliphatic rings. The summed E-state index contributed by atoms with van der Waals surface area (Å²) < 4.78 is 17.8. The van der Waals surface area contributed by atoms with Gasteiger partial charge in [-0.2, -0.15) is 0 Å². The molecule has 0 unspecified atom stereocenters. The van der Waals surface area contributed by atoms with Crippen LogP contribution in [0.1, 0.15) is 12.7 Å². The molecule has 1 aromatic heterocycles. The maximum absolute atomic E-state index is 5.91. The molecule has 0 radical (unpaired) electrons. The first-order valence-corrected chi connectivity index (χ1v) is 8.45. The van der Waals surface area contributed by atoms with E-state index in [0.29, 0.717) is 12.4 Å². The van der Waals surface area contributed by atoms with Gasteiger partial charge in [0.2, 0.25) is 5.88 Å². The third kappa shape index (κ3) is 3.95. The molecule has 0 spiro atoms. The smallest absolute Gasteiger partial charge is 0.210 e. The van der Waals surface area contributed by atoms with Crippen molar-refractivity contribution >= 4 is 33.7 Å². The van der Waals surface area contributed by atoms with Gasteiger partial charge in [-0.15, -0.1) is 0 Å². The van der Waals surface area contributed by atoms with Crippen LogP contribution in [-0.4, -0.2) is 39.1 Å². The summed E-state index contributed by atoms with van der Waals surface area (Å²) in [6.45, 7) is 5.67. The Kier molecular flexibility index (Phi) is 5.35. The van der Waals surface area contributed by atoms with E-state index < -0.39 is 0 Å². The number of hydrogen-bond acceptors (Lipinski definition) is 5. The van der Waals surface area contributed by atoms with Crippen LogP contribution in [0.15, 0.2) is 44.2 Å². The Morgan fingerprint density at radius 2 is 2.09 bits per heavy atom. The fourth-order valence-corrected chi connectivity index (χ4v) is 2.95. The van der Waals surface area contributed by atoms with Gasteiger partial charge in [0, 0.05) is 19.2 Å². The summed E-state index contributed by atoms with van der Waals surface area (Å²) in [6, 6.07) is 9.63. The Bertz CT molecular complexity index is 678. The number of rotatable bonds is 5. The number of anilines is 1. The highest BCUT2D eigenvalue weighted by atomic mass is 79.9. The summed E-state index contributed by atoms with van der Waals surface area (Å²) in [4.78, 5) is 6.65. The molecule has 5 nitrogen and oxygen atoms in total. The van der Waals surface area contributed by atoms with E-state index in [1.807, 2.05) is 37.3 Å². The van der Waals surface area contributed by atoms with Gasteiger partial charge in [-0.25, -0.2) is 4.99 Å². The molecule has 1 saturated heterocycles. The Balaban J connectivity index is 1.78. The van der Waals surface area contributed by atoms with Crippen molar-refractivity contribution in [1.29, 1.82) is 0 Å². The number of halogens is 1. The summed E-state index contributed by atoms with van der Waals surface area (Å²) >= 11 is 3.56. The Morgan fingerprint density at radius 3 is 2.87 bits per heavy atom. The number of ether oxygens (including phenoxy) is 2. The zero-order chi connectivity index (χ0) is 16.1. The first-order valence-electron chi connectivity index (χ1n) is 7.66. The van der Waals surface area contributed by atoms with Crippen molar-refractivity contribution in [2.24, 2.45) is 4.99 Å². The molecule has 0 aliphatic carbocycles. The first kappa shape index (κ1) is 16.1. The SMILES string of the molecule is CCOc1ccccc1N=Cc1cc(Br)c(N2CCOCC2)o1. The molecule has 1 aliphatic heterocycles. The molecular weight excluding hydrogens is 360 g/mol. The Morgan fingerprint density at radius 1 is 1.30 bits per heavy atom. The molecule has 2 heterocycles. The predicted molar refractivity (Wildman–Crippen MR) is 94.3 cm³/mol. The second-order valence-corrected chi connectivity index (χ2v) is 5.91. The summed E-state index contributed by atoms with van der Waals surface area (Å²) in [5.74, 6) is 2.29. The normalized spacial score (nSPS) is 15.3. The minimum atomic E-state index is 0.611. The van der Waals surface area contributed by atoms with Crippen molar-refractivity contribution < 1.29 is 13.9 Å². The number of nitrogens with zero attached hydrogens (tertiary/aromatic N) is 2. The number of furan rings is 1. The van der Waals surface area contributed by atoms with Crippen molar-refractivity contribution in [2.75, 3.05) is 37.8 Å². The van der Waals surface area contributed by atoms with E-state index >= 15 is 0 Å². The molecule has 0 saturated carbocycles. The van der Waals surface area contributed by atoms with Crippen molar-refractivity contribution in [2.45, 2.75) is 6.92 Å². The minimum Gasteiger partial charge on any atom is -0.492 e. The molecule has 6 heteroatoms. The van der Waals surface area contributed by atoms with E-state index in [4.69, 9.17) is 13.9 Å². The van der Waals surface area contributed by atoms with Crippen molar-refractivity contribution in [3.05, 3.63) is 40.6 Å². The van der Waals surface area contributed by atoms with E-state index in [9.17, 15) is 0 Å². The third-order valence-electron chi connectivity index (χ3n) is 3.48. The molecule has 23 heavy (non-hydrogen) atoms. The molecule has 3 rings (SSSR count). The largest absolute Gasteiger partial charge is 0.492 e. The highest BCUT2D eigenvalue weighted by Crippen LogP contribution is 2.31. The van der Waals surface area contributed by atoms with Gasteiger partial charge in [-0.1, -0.05) is 12.1 Å². The molecule has 122 valence electrons. The van der Waals surface area contributed by atoms with E-state index in [-0.39, 0.29) is 0 Å². The Hall–Kier alpha value is -1.79.